The van der Waals surface area contributed by atoms with E-state index in [0.717, 1.165) is 0 Å². The minimum absolute atomic E-state index is 0.163. The van der Waals surface area contributed by atoms with Crippen molar-refractivity contribution < 1.29 is 19.5 Å². The molecule has 0 spiro atoms. The molecule has 1 saturated heterocycles. The maximum atomic E-state index is 11.9. The van der Waals surface area contributed by atoms with Gasteiger partial charge < -0.3 is 21.1 Å². The van der Waals surface area contributed by atoms with Gasteiger partial charge in [-0.1, -0.05) is 0 Å². The number of piperidine rings is 1. The third-order valence-electron chi connectivity index (χ3n) is 3.09. The summed E-state index contributed by atoms with van der Waals surface area (Å²) in [6, 6.07) is -0.454. The van der Waals surface area contributed by atoms with Gasteiger partial charge in [0, 0.05) is 13.1 Å². The number of nitrogens with one attached hydrogen (secondary N) is 1. The molecule has 0 aromatic rings. The molecule has 0 aliphatic carbocycles. The van der Waals surface area contributed by atoms with Crippen LogP contribution in [0.1, 0.15) is 26.7 Å². The van der Waals surface area contributed by atoms with E-state index in [1.165, 1.54) is 18.7 Å². The molecule has 18 heavy (non-hydrogen) atoms. The van der Waals surface area contributed by atoms with Crippen LogP contribution in [0.2, 0.25) is 0 Å². The highest BCUT2D eigenvalue weighted by Gasteiger charge is 2.32. The van der Waals surface area contributed by atoms with Crippen LogP contribution in [0.3, 0.4) is 0 Å². The Kier molecular flexibility index (Phi) is 4.15. The zero-order valence-electron chi connectivity index (χ0n) is 10.6. The number of carboxylic acids is 1. The van der Waals surface area contributed by atoms with Crippen LogP contribution in [0, 0.1) is 5.92 Å². The predicted molar refractivity (Wildman–Crippen MR) is 63.7 cm³/mol. The molecule has 1 rings (SSSR count). The topological polar surface area (TPSA) is 113 Å². The number of likely N-dealkylation sites (tertiary alicyclic amines) is 1. The minimum Gasteiger partial charge on any atom is -0.481 e. The Morgan fingerprint density at radius 1 is 1.39 bits per heavy atom. The van der Waals surface area contributed by atoms with E-state index in [1.54, 1.807) is 0 Å². The second-order valence-corrected chi connectivity index (χ2v) is 5.04. The minimum atomic E-state index is -1.15. The number of hydrogen-bond donors (Lipinski definition) is 3. The number of rotatable bonds is 3. The van der Waals surface area contributed by atoms with Crippen molar-refractivity contribution in [2.24, 2.45) is 11.7 Å². The molecule has 7 nitrogen and oxygen atoms in total. The van der Waals surface area contributed by atoms with E-state index in [-0.39, 0.29) is 6.54 Å². The van der Waals surface area contributed by atoms with Crippen molar-refractivity contribution in [1.29, 1.82) is 0 Å². The Balaban J connectivity index is 2.62. The molecule has 0 radical (unpaired) electrons. The third kappa shape index (κ3) is 3.35. The first-order valence-electron chi connectivity index (χ1n) is 5.84. The Morgan fingerprint density at radius 2 is 2.00 bits per heavy atom. The van der Waals surface area contributed by atoms with Gasteiger partial charge in [-0.2, -0.15) is 0 Å². The molecule has 0 aromatic heterocycles. The molecule has 0 bridgehead atoms. The molecule has 1 fully saturated rings. The Morgan fingerprint density at radius 3 is 2.50 bits per heavy atom. The third-order valence-corrected chi connectivity index (χ3v) is 3.09. The van der Waals surface area contributed by atoms with Gasteiger partial charge in [0.2, 0.25) is 5.91 Å². The fourth-order valence-electron chi connectivity index (χ4n) is 1.77. The fourth-order valence-corrected chi connectivity index (χ4v) is 1.77. The Bertz CT molecular complexity index is 367. The highest BCUT2D eigenvalue weighted by atomic mass is 16.4. The first-order chi connectivity index (χ1) is 8.24. The van der Waals surface area contributed by atoms with Crippen molar-refractivity contribution in [3.8, 4) is 0 Å². The van der Waals surface area contributed by atoms with Crippen molar-refractivity contribution in [1.82, 2.24) is 10.2 Å². The van der Waals surface area contributed by atoms with Crippen LogP contribution in [-0.2, 0) is 9.59 Å². The van der Waals surface area contributed by atoms with Crippen molar-refractivity contribution in [3.05, 3.63) is 0 Å². The second kappa shape index (κ2) is 5.24. The molecule has 0 saturated carbocycles. The molecule has 102 valence electrons. The number of urea groups is 1. The molecular formula is C11H19N3O4. The van der Waals surface area contributed by atoms with Gasteiger partial charge in [-0.15, -0.1) is 0 Å². The Labute approximate surface area is 105 Å². The number of primary amides is 1. The second-order valence-electron chi connectivity index (χ2n) is 5.04. The maximum absolute atomic E-state index is 11.9. The SMILES string of the molecule is CC(C)(NC(=O)N1CCCC(C(=O)O)C1)C(N)=O. The standard InChI is InChI=1S/C11H19N3O4/c1-11(2,9(12)17)13-10(18)14-5-3-4-7(6-14)8(15)16/h7H,3-6H2,1-2H3,(H2,12,17)(H,13,18)(H,15,16). The van der Waals surface area contributed by atoms with E-state index in [1.807, 2.05) is 0 Å². The normalized spacial score (nSPS) is 20.3. The molecule has 0 aromatic carbocycles. The summed E-state index contributed by atoms with van der Waals surface area (Å²) in [6.45, 7) is 3.66. The van der Waals surface area contributed by atoms with Crippen molar-refractivity contribution in [3.63, 3.8) is 0 Å². The van der Waals surface area contributed by atoms with Gasteiger partial charge in [-0.05, 0) is 26.7 Å². The van der Waals surface area contributed by atoms with Crippen LogP contribution in [0.25, 0.3) is 0 Å². The van der Waals surface area contributed by atoms with Crippen molar-refractivity contribution in [2.45, 2.75) is 32.2 Å². The van der Waals surface area contributed by atoms with Gasteiger partial charge in [-0.3, -0.25) is 9.59 Å². The number of aliphatic carboxylic acids is 1. The van der Waals surface area contributed by atoms with E-state index in [0.29, 0.717) is 19.4 Å². The van der Waals surface area contributed by atoms with E-state index < -0.39 is 29.4 Å². The largest absolute Gasteiger partial charge is 0.481 e. The average molecular weight is 257 g/mol. The monoisotopic (exact) mass is 257 g/mol. The maximum Gasteiger partial charge on any atom is 0.318 e. The van der Waals surface area contributed by atoms with Crippen LogP contribution < -0.4 is 11.1 Å². The van der Waals surface area contributed by atoms with Crippen LogP contribution in [0.5, 0.6) is 0 Å². The fraction of sp³-hybridized carbons (Fsp3) is 0.727. The van der Waals surface area contributed by atoms with Gasteiger partial charge in [0.15, 0.2) is 0 Å². The first-order valence-corrected chi connectivity index (χ1v) is 5.84. The van der Waals surface area contributed by atoms with Crippen LogP contribution in [0.15, 0.2) is 0 Å². The number of nitrogens with two attached hydrogens (primary N) is 1. The molecule has 1 aliphatic rings. The lowest BCUT2D eigenvalue weighted by molar-refractivity contribution is -0.143. The summed E-state index contributed by atoms with van der Waals surface area (Å²) in [6.07, 6.45) is 1.21. The van der Waals surface area contributed by atoms with Crippen molar-refractivity contribution >= 4 is 17.9 Å². The number of amides is 3. The number of carboxylic acid groups (broad SMARTS) is 1. The van der Waals surface area contributed by atoms with Gasteiger partial charge >= 0.3 is 12.0 Å². The number of nitrogens with zero attached hydrogens (tertiary/aromatic N) is 1. The summed E-state index contributed by atoms with van der Waals surface area (Å²) < 4.78 is 0. The number of carbonyl (C=O) groups is 3. The summed E-state index contributed by atoms with van der Waals surface area (Å²) >= 11 is 0. The molecule has 7 heteroatoms. The molecule has 1 heterocycles. The van der Waals surface area contributed by atoms with Gasteiger partial charge in [0.05, 0.1) is 5.92 Å². The molecule has 4 N–H and O–H groups in total. The summed E-state index contributed by atoms with van der Waals surface area (Å²) in [7, 11) is 0. The average Bonchev–Trinajstić information content (AvgIpc) is 2.28. The molecular weight excluding hydrogens is 238 g/mol. The predicted octanol–water partition coefficient (Wildman–Crippen LogP) is -0.243. The highest BCUT2D eigenvalue weighted by Crippen LogP contribution is 2.17. The lowest BCUT2D eigenvalue weighted by Crippen LogP contribution is -2.58. The van der Waals surface area contributed by atoms with E-state index >= 15 is 0 Å². The highest BCUT2D eigenvalue weighted by molar-refractivity contribution is 5.89. The zero-order chi connectivity index (χ0) is 13.9. The van der Waals surface area contributed by atoms with Crippen LogP contribution in [-0.4, -0.2) is 46.5 Å². The first kappa shape index (κ1) is 14.3. The van der Waals surface area contributed by atoms with E-state index in [9.17, 15) is 14.4 Å². The zero-order valence-corrected chi connectivity index (χ0v) is 10.6. The molecule has 3 amide bonds. The summed E-state index contributed by atoms with van der Waals surface area (Å²) in [5.74, 6) is -2.08. The molecule has 1 unspecified atom stereocenters. The lowest BCUT2D eigenvalue weighted by atomic mass is 9.98. The number of hydrogen-bond acceptors (Lipinski definition) is 3. The lowest BCUT2D eigenvalue weighted by Gasteiger charge is -2.33. The van der Waals surface area contributed by atoms with Gasteiger partial charge in [0.1, 0.15) is 5.54 Å². The quantitative estimate of drug-likeness (QED) is 0.647. The molecule has 1 aliphatic heterocycles. The summed E-state index contributed by atoms with van der Waals surface area (Å²) in [5.41, 5.74) is 4.01. The van der Waals surface area contributed by atoms with E-state index in [2.05, 4.69) is 5.32 Å². The Hall–Kier alpha value is -1.79. The molecule has 1 atom stereocenters. The summed E-state index contributed by atoms with van der Waals surface area (Å²) in [4.78, 5) is 35.3. The van der Waals surface area contributed by atoms with Gasteiger partial charge in [-0.25, -0.2) is 4.79 Å². The van der Waals surface area contributed by atoms with Gasteiger partial charge in [0.25, 0.3) is 0 Å². The van der Waals surface area contributed by atoms with Crippen molar-refractivity contribution in [2.75, 3.05) is 13.1 Å². The smallest absolute Gasteiger partial charge is 0.318 e. The summed E-state index contributed by atoms with van der Waals surface area (Å²) in [5, 5.41) is 11.4. The van der Waals surface area contributed by atoms with Crippen LogP contribution >= 0.6 is 0 Å². The van der Waals surface area contributed by atoms with E-state index in [4.69, 9.17) is 10.8 Å². The van der Waals surface area contributed by atoms with Crippen LogP contribution in [0.4, 0.5) is 4.79 Å². The number of carbonyl (C=O) groups excluding carboxylic acids is 2.